The van der Waals surface area contributed by atoms with Gasteiger partial charge >= 0.3 is 0 Å². The molecule has 8 rings (SSSR count). The lowest BCUT2D eigenvalue weighted by Crippen LogP contribution is -2.30. The molecule has 0 radical (unpaired) electrons. The molecule has 1 aliphatic rings. The standard InChI is InChI=1S/C42H31NO/c1-3-10-30(11-4-1)32-18-24-35(25-19-32)43(36-26-20-33(21-27-36)31-12-5-2-6-13-31)37-28-22-34(23-29-37)38-15-9-16-40-39-14-7-8-17-41(39)44-42(38)40/h1-26,28-29,36H,27H2. The van der Waals surface area contributed by atoms with E-state index in [0.29, 0.717) is 0 Å². The first-order chi connectivity index (χ1) is 21.8. The zero-order valence-electron chi connectivity index (χ0n) is 24.3. The molecule has 0 saturated carbocycles. The van der Waals surface area contributed by atoms with Gasteiger partial charge in [-0.3, -0.25) is 0 Å². The normalized spacial score (nSPS) is 14.5. The molecule has 6 aromatic carbocycles. The van der Waals surface area contributed by atoms with Gasteiger partial charge in [-0.05, 0) is 64.6 Å². The molecule has 2 nitrogen and oxygen atoms in total. The van der Waals surface area contributed by atoms with Crippen LogP contribution in [0, 0.1) is 0 Å². The van der Waals surface area contributed by atoms with Crippen molar-refractivity contribution >= 4 is 38.9 Å². The molecule has 210 valence electrons. The number of benzene rings is 6. The zero-order valence-corrected chi connectivity index (χ0v) is 24.3. The molecule has 0 fully saturated rings. The number of hydrogen-bond acceptors (Lipinski definition) is 2. The maximum Gasteiger partial charge on any atom is 0.143 e. The highest BCUT2D eigenvalue weighted by molar-refractivity contribution is 6.09. The van der Waals surface area contributed by atoms with Crippen LogP contribution in [0.2, 0.25) is 0 Å². The molecule has 0 N–H and O–H groups in total. The van der Waals surface area contributed by atoms with Crippen molar-refractivity contribution in [1.29, 1.82) is 0 Å². The summed E-state index contributed by atoms with van der Waals surface area (Å²) in [6.07, 6.45) is 7.89. The quantitative estimate of drug-likeness (QED) is 0.199. The van der Waals surface area contributed by atoms with E-state index in [1.165, 1.54) is 28.0 Å². The van der Waals surface area contributed by atoms with Crippen LogP contribution < -0.4 is 4.90 Å². The molecular weight excluding hydrogens is 534 g/mol. The number of hydrogen-bond donors (Lipinski definition) is 0. The summed E-state index contributed by atoms with van der Waals surface area (Å²) in [6.45, 7) is 0. The first-order valence-corrected chi connectivity index (χ1v) is 15.2. The average Bonchev–Trinajstić information content (AvgIpc) is 3.49. The molecule has 0 amide bonds. The number of nitrogens with zero attached hydrogens (tertiary/aromatic N) is 1. The largest absolute Gasteiger partial charge is 0.455 e. The highest BCUT2D eigenvalue weighted by Crippen LogP contribution is 2.38. The van der Waals surface area contributed by atoms with Crippen molar-refractivity contribution in [2.75, 3.05) is 4.90 Å². The summed E-state index contributed by atoms with van der Waals surface area (Å²) in [5, 5.41) is 2.30. The second kappa shape index (κ2) is 11.2. The number of fused-ring (bicyclic) bond motifs is 3. The van der Waals surface area contributed by atoms with Gasteiger partial charge in [0.1, 0.15) is 11.2 Å². The molecule has 44 heavy (non-hydrogen) atoms. The third-order valence-corrected chi connectivity index (χ3v) is 8.63. The maximum atomic E-state index is 6.35. The number of anilines is 2. The van der Waals surface area contributed by atoms with Crippen molar-refractivity contribution in [3.63, 3.8) is 0 Å². The van der Waals surface area contributed by atoms with E-state index >= 15 is 0 Å². The van der Waals surface area contributed by atoms with Crippen molar-refractivity contribution in [3.8, 4) is 22.3 Å². The molecule has 1 heterocycles. The van der Waals surface area contributed by atoms with E-state index in [4.69, 9.17) is 4.42 Å². The zero-order chi connectivity index (χ0) is 29.3. The Balaban J connectivity index is 1.16. The van der Waals surface area contributed by atoms with Gasteiger partial charge in [-0.25, -0.2) is 0 Å². The van der Waals surface area contributed by atoms with E-state index < -0.39 is 0 Å². The fourth-order valence-corrected chi connectivity index (χ4v) is 6.40. The van der Waals surface area contributed by atoms with Gasteiger partial charge in [-0.1, -0.05) is 140 Å². The fraction of sp³-hybridized carbons (Fsp3) is 0.0476. The van der Waals surface area contributed by atoms with Gasteiger partial charge in [-0.2, -0.15) is 0 Å². The van der Waals surface area contributed by atoms with Gasteiger partial charge in [0.2, 0.25) is 0 Å². The Hall–Kier alpha value is -5.60. The van der Waals surface area contributed by atoms with Crippen LogP contribution in [-0.2, 0) is 0 Å². The van der Waals surface area contributed by atoms with Crippen molar-refractivity contribution in [2.45, 2.75) is 12.5 Å². The predicted octanol–water partition coefficient (Wildman–Crippen LogP) is 11.5. The third kappa shape index (κ3) is 4.81. The molecule has 1 atom stereocenters. The minimum atomic E-state index is 0.190. The Labute approximate surface area is 257 Å². The smallest absolute Gasteiger partial charge is 0.143 e. The molecule has 0 aliphatic heterocycles. The second-order valence-corrected chi connectivity index (χ2v) is 11.3. The van der Waals surface area contributed by atoms with Gasteiger partial charge < -0.3 is 9.32 Å². The lowest BCUT2D eigenvalue weighted by molar-refractivity contribution is 0.670. The van der Waals surface area contributed by atoms with E-state index in [1.54, 1.807) is 0 Å². The molecule has 7 aromatic rings. The highest BCUT2D eigenvalue weighted by Gasteiger charge is 2.21. The Morgan fingerprint density at radius 1 is 0.500 bits per heavy atom. The Morgan fingerprint density at radius 2 is 1.09 bits per heavy atom. The fourth-order valence-electron chi connectivity index (χ4n) is 6.40. The Bertz CT molecular complexity index is 2120. The average molecular weight is 566 g/mol. The topological polar surface area (TPSA) is 16.4 Å². The van der Waals surface area contributed by atoms with E-state index in [-0.39, 0.29) is 6.04 Å². The molecule has 0 spiro atoms. The van der Waals surface area contributed by atoms with Crippen LogP contribution in [0.3, 0.4) is 0 Å². The third-order valence-electron chi connectivity index (χ3n) is 8.63. The molecule has 0 bridgehead atoms. The predicted molar refractivity (Wildman–Crippen MR) is 185 cm³/mol. The highest BCUT2D eigenvalue weighted by atomic mass is 16.3. The van der Waals surface area contributed by atoms with E-state index in [0.717, 1.165) is 45.2 Å². The van der Waals surface area contributed by atoms with Crippen LogP contribution in [0.5, 0.6) is 0 Å². The maximum absolute atomic E-state index is 6.35. The number of para-hydroxylation sites is 2. The van der Waals surface area contributed by atoms with Crippen LogP contribution in [0.15, 0.2) is 174 Å². The van der Waals surface area contributed by atoms with Gasteiger partial charge in [0, 0.05) is 27.7 Å². The molecule has 1 aliphatic carbocycles. The first-order valence-electron chi connectivity index (χ1n) is 15.2. The van der Waals surface area contributed by atoms with Gasteiger partial charge in [0.15, 0.2) is 0 Å². The van der Waals surface area contributed by atoms with Crippen LogP contribution in [0.4, 0.5) is 11.4 Å². The van der Waals surface area contributed by atoms with Gasteiger partial charge in [0.25, 0.3) is 0 Å². The van der Waals surface area contributed by atoms with Crippen molar-refractivity contribution < 1.29 is 4.42 Å². The Kier molecular flexibility index (Phi) is 6.66. The van der Waals surface area contributed by atoms with E-state index in [1.807, 2.05) is 12.1 Å². The molecule has 0 saturated heterocycles. The monoisotopic (exact) mass is 565 g/mol. The van der Waals surface area contributed by atoms with Crippen molar-refractivity contribution in [1.82, 2.24) is 0 Å². The summed E-state index contributed by atoms with van der Waals surface area (Å²) in [7, 11) is 0. The van der Waals surface area contributed by atoms with Crippen LogP contribution in [-0.4, -0.2) is 6.04 Å². The second-order valence-electron chi connectivity index (χ2n) is 11.3. The van der Waals surface area contributed by atoms with Crippen molar-refractivity contribution in [3.05, 3.63) is 175 Å². The number of rotatable bonds is 6. The minimum absolute atomic E-state index is 0.190. The lowest BCUT2D eigenvalue weighted by Gasteiger charge is -2.33. The summed E-state index contributed by atoms with van der Waals surface area (Å²) < 4.78 is 6.35. The number of furan rings is 1. The molecule has 1 aromatic heterocycles. The molecular formula is C42H31NO. The molecule has 1 unspecified atom stereocenters. The first kappa shape index (κ1) is 26.1. The summed E-state index contributed by atoms with van der Waals surface area (Å²) in [4.78, 5) is 2.45. The SMILES string of the molecule is C1=CC(N(c2ccc(-c3ccccc3)cc2)c2ccc(-c3cccc4c3oc3ccccc34)cc2)CC=C1c1ccccc1. The van der Waals surface area contributed by atoms with E-state index in [9.17, 15) is 0 Å². The molecule has 2 heteroatoms. The van der Waals surface area contributed by atoms with Crippen LogP contribution >= 0.6 is 0 Å². The minimum Gasteiger partial charge on any atom is -0.455 e. The van der Waals surface area contributed by atoms with Crippen LogP contribution in [0.1, 0.15) is 12.0 Å². The van der Waals surface area contributed by atoms with Gasteiger partial charge in [0.05, 0.1) is 6.04 Å². The summed E-state index contributed by atoms with van der Waals surface area (Å²) in [5.41, 5.74) is 11.4. The lowest BCUT2D eigenvalue weighted by atomic mass is 9.95. The number of allylic oxidation sites excluding steroid dienone is 2. The summed E-state index contributed by atoms with van der Waals surface area (Å²) in [6, 6.07) is 53.9. The van der Waals surface area contributed by atoms with Gasteiger partial charge in [-0.15, -0.1) is 0 Å². The summed E-state index contributed by atoms with van der Waals surface area (Å²) in [5.74, 6) is 0. The van der Waals surface area contributed by atoms with Crippen LogP contribution in [0.25, 0.3) is 49.8 Å². The van der Waals surface area contributed by atoms with Crippen molar-refractivity contribution in [2.24, 2.45) is 0 Å². The Morgan fingerprint density at radius 3 is 1.77 bits per heavy atom. The summed E-state index contributed by atoms with van der Waals surface area (Å²) >= 11 is 0. The van der Waals surface area contributed by atoms with E-state index in [2.05, 4.69) is 163 Å².